The van der Waals surface area contributed by atoms with E-state index < -0.39 is 0 Å². The fourth-order valence-corrected chi connectivity index (χ4v) is 2.23. The molecule has 1 aliphatic carbocycles. The number of carbonyl (C=O) groups is 1. The van der Waals surface area contributed by atoms with Crippen molar-refractivity contribution in [2.45, 2.75) is 19.4 Å². The standard InChI is InChI=1S/C12H13NO2S/c1-8-7-10(8)13-12(15)11-9(3-2-5-14)4-6-16-11/h4,6,8,10,14H,5,7H2,1H3,(H,13,15). The van der Waals surface area contributed by atoms with Gasteiger partial charge in [0.25, 0.3) is 5.91 Å². The van der Waals surface area contributed by atoms with Gasteiger partial charge in [-0.25, -0.2) is 0 Å². The number of hydrogen-bond acceptors (Lipinski definition) is 3. The van der Waals surface area contributed by atoms with Crippen LogP contribution in [0.25, 0.3) is 0 Å². The van der Waals surface area contributed by atoms with Gasteiger partial charge in [0.1, 0.15) is 11.5 Å². The van der Waals surface area contributed by atoms with Crippen LogP contribution in [0.1, 0.15) is 28.6 Å². The van der Waals surface area contributed by atoms with E-state index in [2.05, 4.69) is 24.1 Å². The van der Waals surface area contributed by atoms with E-state index in [1.165, 1.54) is 11.3 Å². The maximum absolute atomic E-state index is 11.9. The summed E-state index contributed by atoms with van der Waals surface area (Å²) in [5, 5.41) is 13.4. The van der Waals surface area contributed by atoms with Crippen molar-refractivity contribution < 1.29 is 9.90 Å². The third-order valence-corrected chi connectivity index (χ3v) is 3.51. The van der Waals surface area contributed by atoms with Crippen LogP contribution in [0.4, 0.5) is 0 Å². The van der Waals surface area contributed by atoms with Crippen LogP contribution >= 0.6 is 11.3 Å². The summed E-state index contributed by atoms with van der Waals surface area (Å²) in [6.45, 7) is 1.93. The first-order valence-electron chi connectivity index (χ1n) is 5.20. The molecule has 1 aliphatic rings. The van der Waals surface area contributed by atoms with E-state index in [1.54, 1.807) is 6.07 Å². The lowest BCUT2D eigenvalue weighted by atomic mass is 10.2. The Morgan fingerprint density at radius 2 is 2.50 bits per heavy atom. The molecule has 2 atom stereocenters. The minimum Gasteiger partial charge on any atom is -0.384 e. The van der Waals surface area contributed by atoms with Crippen molar-refractivity contribution in [3.8, 4) is 11.8 Å². The van der Waals surface area contributed by atoms with Gasteiger partial charge in [0.2, 0.25) is 0 Å². The number of hydrogen-bond donors (Lipinski definition) is 2. The van der Waals surface area contributed by atoms with Gasteiger partial charge in [-0.2, -0.15) is 0 Å². The summed E-state index contributed by atoms with van der Waals surface area (Å²) in [5.41, 5.74) is 0.699. The molecule has 16 heavy (non-hydrogen) atoms. The molecule has 84 valence electrons. The van der Waals surface area contributed by atoms with E-state index in [9.17, 15) is 4.79 Å². The van der Waals surface area contributed by atoms with Crippen LogP contribution in [0.5, 0.6) is 0 Å². The zero-order chi connectivity index (χ0) is 11.5. The molecule has 0 spiro atoms. The summed E-state index contributed by atoms with van der Waals surface area (Å²) < 4.78 is 0. The minimum absolute atomic E-state index is 0.0495. The Labute approximate surface area is 98.5 Å². The van der Waals surface area contributed by atoms with Crippen LogP contribution in [-0.4, -0.2) is 23.7 Å². The average molecular weight is 235 g/mol. The fraction of sp³-hybridized carbons (Fsp3) is 0.417. The number of nitrogens with one attached hydrogen (secondary N) is 1. The number of carbonyl (C=O) groups excluding carboxylic acids is 1. The summed E-state index contributed by atoms with van der Waals surface area (Å²) in [5.74, 6) is 5.88. The van der Waals surface area contributed by atoms with E-state index in [0.29, 0.717) is 22.4 Å². The van der Waals surface area contributed by atoms with Crippen LogP contribution in [0.3, 0.4) is 0 Å². The lowest BCUT2D eigenvalue weighted by Crippen LogP contribution is -2.26. The van der Waals surface area contributed by atoms with Crippen LogP contribution in [0.15, 0.2) is 11.4 Å². The largest absolute Gasteiger partial charge is 0.384 e. The second-order valence-corrected chi connectivity index (χ2v) is 4.83. The molecular weight excluding hydrogens is 222 g/mol. The molecule has 1 aromatic rings. The van der Waals surface area contributed by atoms with Crippen molar-refractivity contribution in [3.05, 3.63) is 21.9 Å². The highest BCUT2D eigenvalue weighted by molar-refractivity contribution is 7.12. The first kappa shape index (κ1) is 11.2. The molecule has 1 fully saturated rings. The molecule has 0 radical (unpaired) electrons. The summed E-state index contributed by atoms with van der Waals surface area (Å²) in [6.07, 6.45) is 1.06. The third kappa shape index (κ3) is 2.43. The first-order valence-corrected chi connectivity index (χ1v) is 6.08. The van der Waals surface area contributed by atoms with Crippen molar-refractivity contribution >= 4 is 17.2 Å². The molecule has 2 rings (SSSR count). The van der Waals surface area contributed by atoms with Crippen molar-refractivity contribution in [1.82, 2.24) is 5.32 Å². The zero-order valence-corrected chi connectivity index (χ0v) is 9.80. The fourth-order valence-electron chi connectivity index (χ4n) is 1.48. The molecule has 2 N–H and O–H groups in total. The Bertz CT molecular complexity index is 455. The van der Waals surface area contributed by atoms with E-state index >= 15 is 0 Å². The van der Waals surface area contributed by atoms with Gasteiger partial charge >= 0.3 is 0 Å². The van der Waals surface area contributed by atoms with Crippen LogP contribution in [0.2, 0.25) is 0 Å². The highest BCUT2D eigenvalue weighted by atomic mass is 32.1. The predicted octanol–water partition coefficient (Wildman–Crippen LogP) is 1.23. The van der Waals surface area contributed by atoms with Crippen LogP contribution in [0, 0.1) is 17.8 Å². The first-order chi connectivity index (χ1) is 7.72. The van der Waals surface area contributed by atoms with Crippen LogP contribution < -0.4 is 5.32 Å². The monoisotopic (exact) mass is 235 g/mol. The number of aliphatic hydroxyl groups excluding tert-OH is 1. The van der Waals surface area contributed by atoms with Gasteiger partial charge in [0, 0.05) is 11.6 Å². The molecular formula is C12H13NO2S. The highest BCUT2D eigenvalue weighted by Crippen LogP contribution is 2.29. The molecule has 1 amide bonds. The van der Waals surface area contributed by atoms with Crippen molar-refractivity contribution in [3.63, 3.8) is 0 Å². The van der Waals surface area contributed by atoms with E-state index in [-0.39, 0.29) is 12.5 Å². The van der Waals surface area contributed by atoms with E-state index in [4.69, 9.17) is 5.11 Å². The topological polar surface area (TPSA) is 49.3 Å². The normalized spacial score (nSPS) is 22.1. The maximum atomic E-state index is 11.9. The zero-order valence-electron chi connectivity index (χ0n) is 8.99. The number of thiophene rings is 1. The van der Waals surface area contributed by atoms with Crippen molar-refractivity contribution in [1.29, 1.82) is 0 Å². The van der Waals surface area contributed by atoms with Crippen molar-refractivity contribution in [2.75, 3.05) is 6.61 Å². The SMILES string of the molecule is CC1CC1NC(=O)c1sccc1C#CCO. The Morgan fingerprint density at radius 3 is 3.12 bits per heavy atom. The van der Waals surface area contributed by atoms with Gasteiger partial charge in [0.05, 0.1) is 0 Å². The molecule has 2 unspecified atom stereocenters. The van der Waals surface area contributed by atoms with Crippen molar-refractivity contribution in [2.24, 2.45) is 5.92 Å². The molecule has 3 nitrogen and oxygen atoms in total. The van der Waals surface area contributed by atoms with Gasteiger partial charge in [-0.3, -0.25) is 4.79 Å². The molecule has 1 heterocycles. The second kappa shape index (κ2) is 4.69. The van der Waals surface area contributed by atoms with Gasteiger partial charge in [-0.15, -0.1) is 11.3 Å². The number of amides is 1. The van der Waals surface area contributed by atoms with Gasteiger partial charge < -0.3 is 10.4 Å². The summed E-state index contributed by atoms with van der Waals surface area (Å²) in [6, 6.07) is 2.13. The maximum Gasteiger partial charge on any atom is 0.262 e. The quantitative estimate of drug-likeness (QED) is 0.757. The number of rotatable bonds is 2. The number of aliphatic hydroxyl groups is 1. The molecule has 1 aromatic heterocycles. The van der Waals surface area contributed by atoms with Gasteiger partial charge in [-0.05, 0) is 23.8 Å². The Kier molecular flexibility index (Phi) is 3.28. The molecule has 4 heteroatoms. The Morgan fingerprint density at radius 1 is 1.75 bits per heavy atom. The molecule has 0 bridgehead atoms. The third-order valence-electron chi connectivity index (χ3n) is 2.60. The summed E-state index contributed by atoms with van der Waals surface area (Å²) in [4.78, 5) is 12.5. The van der Waals surface area contributed by atoms with E-state index in [0.717, 1.165) is 6.42 Å². The predicted molar refractivity (Wildman–Crippen MR) is 63.3 cm³/mol. The molecule has 0 aliphatic heterocycles. The van der Waals surface area contributed by atoms with Gasteiger partial charge in [-0.1, -0.05) is 18.8 Å². The molecule has 0 aromatic carbocycles. The second-order valence-electron chi connectivity index (χ2n) is 3.92. The minimum atomic E-state index is -0.184. The molecule has 0 saturated heterocycles. The lowest BCUT2D eigenvalue weighted by molar-refractivity contribution is 0.0953. The highest BCUT2D eigenvalue weighted by Gasteiger charge is 2.34. The van der Waals surface area contributed by atoms with Crippen LogP contribution in [-0.2, 0) is 0 Å². The molecule has 1 saturated carbocycles. The lowest BCUT2D eigenvalue weighted by Gasteiger charge is -2.01. The summed E-state index contributed by atoms with van der Waals surface area (Å²) in [7, 11) is 0. The van der Waals surface area contributed by atoms with Gasteiger partial charge in [0.15, 0.2) is 0 Å². The smallest absolute Gasteiger partial charge is 0.262 e. The summed E-state index contributed by atoms with van der Waals surface area (Å²) >= 11 is 1.38. The Balaban J connectivity index is 2.07. The Hall–Kier alpha value is -1.31. The van der Waals surface area contributed by atoms with E-state index in [1.807, 2.05) is 5.38 Å². The average Bonchev–Trinajstić information content (AvgIpc) is 2.81.